The van der Waals surface area contributed by atoms with E-state index in [1.54, 1.807) is 11.8 Å². The molecule has 0 amide bonds. The van der Waals surface area contributed by atoms with Crippen LogP contribution < -0.4 is 4.90 Å². The Labute approximate surface area is 128 Å². The summed E-state index contributed by atoms with van der Waals surface area (Å²) in [4.78, 5) is 23.4. The van der Waals surface area contributed by atoms with Gasteiger partial charge in [-0.1, -0.05) is 0 Å². The predicted octanol–water partition coefficient (Wildman–Crippen LogP) is 3.19. The van der Waals surface area contributed by atoms with Gasteiger partial charge < -0.3 is 10.0 Å². The van der Waals surface area contributed by atoms with Crippen LogP contribution in [0.4, 0.5) is 15.8 Å². The van der Waals surface area contributed by atoms with Crippen LogP contribution >= 0.6 is 15.9 Å². The van der Waals surface area contributed by atoms with Gasteiger partial charge in [0, 0.05) is 13.1 Å². The molecule has 0 aliphatic carbocycles. The van der Waals surface area contributed by atoms with Crippen LogP contribution in [-0.2, 0) is 4.79 Å². The first-order valence-electron chi connectivity index (χ1n) is 6.36. The number of nitro benzene ring substituents is 1. The summed E-state index contributed by atoms with van der Waals surface area (Å²) in [6.45, 7) is 2.42. The number of carboxylic acid groups (broad SMARTS) is 1. The average molecular weight is 361 g/mol. The zero-order chi connectivity index (χ0) is 15.8. The second kappa shape index (κ2) is 5.59. The minimum atomic E-state index is -0.864. The van der Waals surface area contributed by atoms with E-state index in [0.29, 0.717) is 31.6 Å². The molecule has 0 aromatic heterocycles. The molecule has 1 aromatic rings. The Balaban J connectivity index is 2.30. The first-order valence-corrected chi connectivity index (χ1v) is 7.16. The first kappa shape index (κ1) is 15.7. The maximum absolute atomic E-state index is 13.5. The number of piperidine rings is 1. The molecule has 1 aromatic carbocycles. The van der Waals surface area contributed by atoms with Crippen molar-refractivity contribution < 1.29 is 19.2 Å². The number of aliphatic carboxylic acids is 1. The van der Waals surface area contributed by atoms with Crippen molar-refractivity contribution in [3.05, 3.63) is 32.5 Å². The van der Waals surface area contributed by atoms with E-state index >= 15 is 0 Å². The molecule has 6 nitrogen and oxygen atoms in total. The molecule has 1 heterocycles. The molecule has 0 atom stereocenters. The molecule has 0 unspecified atom stereocenters. The van der Waals surface area contributed by atoms with Gasteiger partial charge in [-0.2, -0.15) is 0 Å². The average Bonchev–Trinajstić information content (AvgIpc) is 2.42. The van der Waals surface area contributed by atoms with Gasteiger partial charge in [-0.05, 0) is 41.8 Å². The zero-order valence-corrected chi connectivity index (χ0v) is 12.9. The summed E-state index contributed by atoms with van der Waals surface area (Å²) in [6, 6.07) is 2.25. The maximum atomic E-state index is 13.5. The molecule has 2 rings (SSSR count). The highest BCUT2D eigenvalue weighted by Gasteiger charge is 2.38. The van der Waals surface area contributed by atoms with Gasteiger partial charge in [-0.3, -0.25) is 14.9 Å². The van der Waals surface area contributed by atoms with Crippen LogP contribution in [0.25, 0.3) is 0 Å². The van der Waals surface area contributed by atoms with Gasteiger partial charge in [0.15, 0.2) is 0 Å². The highest BCUT2D eigenvalue weighted by molar-refractivity contribution is 9.10. The Hall–Kier alpha value is -1.70. The first-order chi connectivity index (χ1) is 9.74. The fourth-order valence-electron chi connectivity index (χ4n) is 2.38. The number of hydrogen-bond acceptors (Lipinski definition) is 4. The van der Waals surface area contributed by atoms with Crippen LogP contribution in [0.3, 0.4) is 0 Å². The van der Waals surface area contributed by atoms with Crippen LogP contribution in [0.5, 0.6) is 0 Å². The van der Waals surface area contributed by atoms with Crippen molar-refractivity contribution >= 4 is 33.3 Å². The van der Waals surface area contributed by atoms with Crippen molar-refractivity contribution in [2.75, 3.05) is 18.0 Å². The van der Waals surface area contributed by atoms with E-state index in [0.717, 1.165) is 6.07 Å². The van der Waals surface area contributed by atoms with E-state index in [4.69, 9.17) is 0 Å². The van der Waals surface area contributed by atoms with Crippen LogP contribution in [0.1, 0.15) is 19.8 Å². The third-order valence-electron chi connectivity index (χ3n) is 3.94. The number of carboxylic acids is 1. The minimum Gasteiger partial charge on any atom is -0.481 e. The van der Waals surface area contributed by atoms with Crippen molar-refractivity contribution in [3.63, 3.8) is 0 Å². The van der Waals surface area contributed by atoms with Gasteiger partial charge in [0.05, 0.1) is 20.9 Å². The van der Waals surface area contributed by atoms with Gasteiger partial charge >= 0.3 is 5.97 Å². The lowest BCUT2D eigenvalue weighted by Crippen LogP contribution is -2.42. The summed E-state index contributed by atoms with van der Waals surface area (Å²) in [5.41, 5.74) is -0.821. The summed E-state index contributed by atoms with van der Waals surface area (Å²) in [5, 5.41) is 20.3. The number of nitro groups is 1. The lowest BCUT2D eigenvalue weighted by molar-refractivity contribution is -0.384. The number of benzene rings is 1. The molecule has 21 heavy (non-hydrogen) atoms. The second-order valence-corrected chi connectivity index (χ2v) is 6.22. The topological polar surface area (TPSA) is 83.7 Å². The summed E-state index contributed by atoms with van der Waals surface area (Å²) in [7, 11) is 0. The second-order valence-electron chi connectivity index (χ2n) is 5.37. The quantitative estimate of drug-likeness (QED) is 0.660. The van der Waals surface area contributed by atoms with Gasteiger partial charge in [-0.25, -0.2) is 4.39 Å². The van der Waals surface area contributed by atoms with E-state index in [1.165, 1.54) is 6.07 Å². The van der Waals surface area contributed by atoms with Crippen molar-refractivity contribution in [2.45, 2.75) is 19.8 Å². The Bertz CT molecular complexity index is 600. The van der Waals surface area contributed by atoms with Crippen LogP contribution in [0, 0.1) is 21.3 Å². The van der Waals surface area contributed by atoms with Crippen molar-refractivity contribution in [3.8, 4) is 0 Å². The van der Waals surface area contributed by atoms with Gasteiger partial charge in [0.25, 0.3) is 5.69 Å². The smallest absolute Gasteiger partial charge is 0.309 e. The van der Waals surface area contributed by atoms with E-state index in [9.17, 15) is 24.4 Å². The molecule has 1 aliphatic rings. The number of nitrogens with zero attached hydrogens (tertiary/aromatic N) is 2. The normalized spacial score (nSPS) is 17.6. The van der Waals surface area contributed by atoms with Gasteiger partial charge in [0.2, 0.25) is 0 Å². The molecule has 1 aliphatic heterocycles. The van der Waals surface area contributed by atoms with Crippen molar-refractivity contribution in [1.29, 1.82) is 0 Å². The van der Waals surface area contributed by atoms with Crippen LogP contribution in [-0.4, -0.2) is 29.1 Å². The van der Waals surface area contributed by atoms with Gasteiger partial charge in [0.1, 0.15) is 11.5 Å². The molecule has 1 N–H and O–H groups in total. The fourth-order valence-corrected chi connectivity index (χ4v) is 2.71. The molecule has 0 bridgehead atoms. The molecule has 1 saturated heterocycles. The Kier molecular flexibility index (Phi) is 4.18. The number of anilines is 1. The number of rotatable bonds is 3. The Morgan fingerprint density at radius 3 is 2.52 bits per heavy atom. The SMILES string of the molecule is CC1(C(=O)O)CCN(c2cc(Br)c(F)cc2[N+](=O)[O-])CC1. The Morgan fingerprint density at radius 1 is 1.48 bits per heavy atom. The largest absolute Gasteiger partial charge is 0.481 e. The van der Waals surface area contributed by atoms with E-state index < -0.39 is 22.1 Å². The molecule has 0 radical (unpaired) electrons. The van der Waals surface area contributed by atoms with E-state index in [-0.39, 0.29) is 10.2 Å². The summed E-state index contributed by atoms with van der Waals surface area (Å²) in [6.07, 6.45) is 0.767. The minimum absolute atomic E-state index is 0.148. The van der Waals surface area contributed by atoms with E-state index in [2.05, 4.69) is 15.9 Å². The summed E-state index contributed by atoms with van der Waals surface area (Å²) < 4.78 is 13.6. The lowest BCUT2D eigenvalue weighted by atomic mass is 9.80. The predicted molar refractivity (Wildman–Crippen MR) is 77.9 cm³/mol. The number of halogens is 2. The monoisotopic (exact) mass is 360 g/mol. The molecule has 0 spiro atoms. The fraction of sp³-hybridized carbons (Fsp3) is 0.462. The molecular weight excluding hydrogens is 347 g/mol. The van der Waals surface area contributed by atoms with Crippen molar-refractivity contribution in [1.82, 2.24) is 0 Å². The molecular formula is C13H14BrFN2O4. The van der Waals surface area contributed by atoms with Crippen LogP contribution in [0.15, 0.2) is 16.6 Å². The molecule has 1 fully saturated rings. The van der Waals surface area contributed by atoms with Gasteiger partial charge in [-0.15, -0.1) is 0 Å². The zero-order valence-electron chi connectivity index (χ0n) is 11.3. The summed E-state index contributed by atoms with van der Waals surface area (Å²) in [5.74, 6) is -1.56. The Morgan fingerprint density at radius 2 is 2.05 bits per heavy atom. The third kappa shape index (κ3) is 2.99. The molecule has 114 valence electrons. The summed E-state index contributed by atoms with van der Waals surface area (Å²) >= 11 is 3.02. The molecule has 8 heteroatoms. The highest BCUT2D eigenvalue weighted by Crippen LogP contribution is 2.38. The number of carbonyl (C=O) groups is 1. The standard InChI is InChI=1S/C13H14BrFN2O4/c1-13(12(18)19)2-4-16(5-3-13)10-6-8(14)9(15)7-11(10)17(20)21/h6-7H,2-5H2,1H3,(H,18,19). The van der Waals surface area contributed by atoms with E-state index in [1.807, 2.05) is 0 Å². The van der Waals surface area contributed by atoms with Crippen LogP contribution in [0.2, 0.25) is 0 Å². The number of hydrogen-bond donors (Lipinski definition) is 1. The molecule has 0 saturated carbocycles. The third-order valence-corrected chi connectivity index (χ3v) is 4.55. The lowest BCUT2D eigenvalue weighted by Gasteiger charge is -2.37. The highest BCUT2D eigenvalue weighted by atomic mass is 79.9. The van der Waals surface area contributed by atoms with Crippen molar-refractivity contribution in [2.24, 2.45) is 5.41 Å². The maximum Gasteiger partial charge on any atom is 0.309 e.